The summed E-state index contributed by atoms with van der Waals surface area (Å²) in [5, 5.41) is 1.16. The monoisotopic (exact) mass is 295 g/mol. The van der Waals surface area contributed by atoms with Gasteiger partial charge in [0, 0.05) is 37.8 Å². The highest BCUT2D eigenvalue weighted by atomic mass is 16.5. The number of aryl methyl sites for hydroxylation is 1. The highest BCUT2D eigenvalue weighted by Crippen LogP contribution is 2.34. The Balaban J connectivity index is 1.97. The molecule has 0 amide bonds. The lowest BCUT2D eigenvalue weighted by Gasteiger charge is -2.36. The quantitative estimate of drug-likeness (QED) is 0.813. The van der Waals surface area contributed by atoms with Crippen molar-refractivity contribution in [3.05, 3.63) is 30.0 Å². The number of anilines is 1. The Labute approximate surface area is 131 Å². The van der Waals surface area contributed by atoms with E-state index in [2.05, 4.69) is 33.7 Å². The molecule has 0 radical (unpaired) electrons. The van der Waals surface area contributed by atoms with Crippen LogP contribution in [-0.2, 0) is 0 Å². The molecule has 0 atom stereocenters. The number of methoxy groups -OCH3 is 1. The van der Waals surface area contributed by atoms with Crippen molar-refractivity contribution in [2.45, 2.75) is 6.92 Å². The van der Waals surface area contributed by atoms with Crippen LogP contribution < -0.4 is 9.64 Å². The largest absolute Gasteiger partial charge is 0.494 e. The number of terminal acetylenes is 1. The summed E-state index contributed by atoms with van der Waals surface area (Å²) in [6, 6.07) is 6.11. The van der Waals surface area contributed by atoms with Crippen LogP contribution in [0.15, 0.2) is 24.4 Å². The first-order chi connectivity index (χ1) is 10.7. The van der Waals surface area contributed by atoms with Crippen LogP contribution in [-0.4, -0.2) is 49.7 Å². The SMILES string of the molecule is C#CCN1CCN(c2c(C)cnc3c(OC)cccc23)CC1. The summed E-state index contributed by atoms with van der Waals surface area (Å²) < 4.78 is 5.45. The van der Waals surface area contributed by atoms with Crippen LogP contribution in [0.2, 0.25) is 0 Å². The maximum absolute atomic E-state index is 5.45. The molecule has 0 saturated carbocycles. The molecule has 1 aliphatic heterocycles. The minimum Gasteiger partial charge on any atom is -0.494 e. The predicted octanol–water partition coefficient (Wildman–Crippen LogP) is 2.31. The molecule has 1 aromatic carbocycles. The number of aromatic nitrogens is 1. The number of ether oxygens (including phenoxy) is 1. The van der Waals surface area contributed by atoms with Crippen molar-refractivity contribution in [3.63, 3.8) is 0 Å². The summed E-state index contributed by atoms with van der Waals surface area (Å²) in [7, 11) is 1.69. The van der Waals surface area contributed by atoms with Gasteiger partial charge < -0.3 is 9.64 Å². The highest BCUT2D eigenvalue weighted by Gasteiger charge is 2.20. The molecule has 2 heterocycles. The Morgan fingerprint density at radius 3 is 2.73 bits per heavy atom. The average Bonchev–Trinajstić information content (AvgIpc) is 2.55. The molecule has 22 heavy (non-hydrogen) atoms. The van der Waals surface area contributed by atoms with Crippen LogP contribution in [0.25, 0.3) is 10.9 Å². The van der Waals surface area contributed by atoms with E-state index in [-0.39, 0.29) is 0 Å². The molecule has 0 N–H and O–H groups in total. The minimum absolute atomic E-state index is 0.734. The topological polar surface area (TPSA) is 28.6 Å². The van der Waals surface area contributed by atoms with Gasteiger partial charge in [-0.2, -0.15) is 0 Å². The van der Waals surface area contributed by atoms with Gasteiger partial charge in [-0.3, -0.25) is 9.88 Å². The minimum atomic E-state index is 0.734. The molecule has 114 valence electrons. The maximum atomic E-state index is 5.45. The number of rotatable bonds is 3. The number of pyridine rings is 1. The van der Waals surface area contributed by atoms with E-state index in [0.717, 1.165) is 49.4 Å². The van der Waals surface area contributed by atoms with Gasteiger partial charge in [-0.15, -0.1) is 6.42 Å². The van der Waals surface area contributed by atoms with Crippen LogP contribution in [0.4, 0.5) is 5.69 Å². The van der Waals surface area contributed by atoms with Gasteiger partial charge in [-0.25, -0.2) is 0 Å². The van der Waals surface area contributed by atoms with Gasteiger partial charge in [0.2, 0.25) is 0 Å². The van der Waals surface area contributed by atoms with E-state index >= 15 is 0 Å². The van der Waals surface area contributed by atoms with Gasteiger partial charge in [0.1, 0.15) is 11.3 Å². The summed E-state index contributed by atoms with van der Waals surface area (Å²) in [6.45, 7) is 6.82. The van der Waals surface area contributed by atoms with Crippen molar-refractivity contribution in [2.24, 2.45) is 0 Å². The number of hydrogen-bond acceptors (Lipinski definition) is 4. The lowest BCUT2D eigenvalue weighted by Crippen LogP contribution is -2.46. The second kappa shape index (κ2) is 6.25. The fourth-order valence-corrected chi connectivity index (χ4v) is 3.12. The second-order valence-electron chi connectivity index (χ2n) is 5.61. The molecule has 3 rings (SSSR count). The average molecular weight is 295 g/mol. The molecule has 4 nitrogen and oxygen atoms in total. The Morgan fingerprint density at radius 1 is 1.27 bits per heavy atom. The molecule has 1 aromatic heterocycles. The molecule has 1 aliphatic rings. The Kier molecular flexibility index (Phi) is 4.17. The van der Waals surface area contributed by atoms with E-state index in [1.807, 2.05) is 18.3 Å². The zero-order chi connectivity index (χ0) is 15.5. The molecule has 1 fully saturated rings. The molecular formula is C18H21N3O. The van der Waals surface area contributed by atoms with Gasteiger partial charge in [0.25, 0.3) is 0 Å². The van der Waals surface area contributed by atoms with Gasteiger partial charge >= 0.3 is 0 Å². The van der Waals surface area contributed by atoms with Crippen molar-refractivity contribution in [1.29, 1.82) is 0 Å². The maximum Gasteiger partial charge on any atom is 0.145 e. The predicted molar refractivity (Wildman–Crippen MR) is 90.5 cm³/mol. The Bertz CT molecular complexity index is 712. The van der Waals surface area contributed by atoms with Gasteiger partial charge in [0.15, 0.2) is 0 Å². The number of piperazine rings is 1. The fourth-order valence-electron chi connectivity index (χ4n) is 3.12. The second-order valence-corrected chi connectivity index (χ2v) is 5.61. The number of hydrogen-bond donors (Lipinski definition) is 0. The summed E-state index contributed by atoms with van der Waals surface area (Å²) in [6.07, 6.45) is 7.35. The van der Waals surface area contributed by atoms with Crippen LogP contribution in [0.3, 0.4) is 0 Å². The third kappa shape index (κ3) is 2.60. The molecule has 4 heteroatoms. The van der Waals surface area contributed by atoms with E-state index in [4.69, 9.17) is 11.2 Å². The number of benzene rings is 1. The van der Waals surface area contributed by atoms with E-state index in [0.29, 0.717) is 0 Å². The molecular weight excluding hydrogens is 274 g/mol. The number of para-hydroxylation sites is 1. The standard InChI is InChI=1S/C18H21N3O/c1-4-8-20-9-11-21(12-10-20)18-14(2)13-19-17-15(18)6-5-7-16(17)22-3/h1,5-7,13H,8-12H2,2-3H3. The molecule has 0 aliphatic carbocycles. The summed E-state index contributed by atoms with van der Waals surface area (Å²) in [5.74, 6) is 3.55. The highest BCUT2D eigenvalue weighted by molar-refractivity contribution is 5.96. The lowest BCUT2D eigenvalue weighted by molar-refractivity contribution is 0.288. The van der Waals surface area contributed by atoms with E-state index < -0.39 is 0 Å². The smallest absolute Gasteiger partial charge is 0.145 e. The molecule has 0 spiro atoms. The normalized spacial score (nSPS) is 15.8. The van der Waals surface area contributed by atoms with Crippen LogP contribution in [0, 0.1) is 19.3 Å². The number of fused-ring (bicyclic) bond motifs is 1. The summed E-state index contributed by atoms with van der Waals surface area (Å²) in [5.41, 5.74) is 3.40. The fraction of sp³-hybridized carbons (Fsp3) is 0.389. The lowest BCUT2D eigenvalue weighted by atomic mass is 10.1. The summed E-state index contributed by atoms with van der Waals surface area (Å²) in [4.78, 5) is 9.31. The molecule has 0 bridgehead atoms. The molecule has 2 aromatic rings. The zero-order valence-electron chi connectivity index (χ0n) is 13.2. The van der Waals surface area contributed by atoms with Crippen molar-refractivity contribution >= 4 is 16.6 Å². The van der Waals surface area contributed by atoms with Crippen molar-refractivity contribution < 1.29 is 4.74 Å². The Morgan fingerprint density at radius 2 is 2.05 bits per heavy atom. The van der Waals surface area contributed by atoms with Crippen LogP contribution in [0.5, 0.6) is 5.75 Å². The van der Waals surface area contributed by atoms with E-state index in [1.165, 1.54) is 11.3 Å². The van der Waals surface area contributed by atoms with Gasteiger partial charge in [-0.1, -0.05) is 18.1 Å². The number of nitrogens with zero attached hydrogens (tertiary/aromatic N) is 3. The van der Waals surface area contributed by atoms with Gasteiger partial charge in [0.05, 0.1) is 19.3 Å². The van der Waals surface area contributed by atoms with Gasteiger partial charge in [-0.05, 0) is 18.6 Å². The zero-order valence-corrected chi connectivity index (χ0v) is 13.2. The molecule has 0 unspecified atom stereocenters. The van der Waals surface area contributed by atoms with Crippen molar-refractivity contribution in [1.82, 2.24) is 9.88 Å². The first kappa shape index (κ1) is 14.7. The third-order valence-corrected chi connectivity index (χ3v) is 4.24. The van der Waals surface area contributed by atoms with E-state index in [9.17, 15) is 0 Å². The van der Waals surface area contributed by atoms with Crippen LogP contribution in [0.1, 0.15) is 5.56 Å². The molecule has 1 saturated heterocycles. The third-order valence-electron chi connectivity index (χ3n) is 4.24. The first-order valence-corrected chi connectivity index (χ1v) is 7.57. The Hall–Kier alpha value is -2.25. The van der Waals surface area contributed by atoms with E-state index in [1.54, 1.807) is 7.11 Å². The summed E-state index contributed by atoms with van der Waals surface area (Å²) >= 11 is 0. The van der Waals surface area contributed by atoms with Crippen molar-refractivity contribution in [2.75, 3.05) is 44.7 Å². The van der Waals surface area contributed by atoms with Crippen LogP contribution >= 0.6 is 0 Å². The van der Waals surface area contributed by atoms with Crippen molar-refractivity contribution in [3.8, 4) is 18.1 Å². The first-order valence-electron chi connectivity index (χ1n) is 7.57.